The third kappa shape index (κ3) is 1.68. The molecule has 2 heterocycles. The molecule has 0 amide bonds. The van der Waals surface area contributed by atoms with Crippen molar-refractivity contribution in [3.63, 3.8) is 0 Å². The fraction of sp³-hybridized carbons (Fsp3) is 0.500. The number of aromatic amines is 1. The summed E-state index contributed by atoms with van der Waals surface area (Å²) in [4.78, 5) is 15.7. The van der Waals surface area contributed by atoms with Gasteiger partial charge >= 0.3 is 0 Å². The maximum atomic E-state index is 9.32. The summed E-state index contributed by atoms with van der Waals surface area (Å²) in [7, 11) is 1.76. The Hall–Kier alpha value is -1.89. The highest BCUT2D eigenvalue weighted by Crippen LogP contribution is 2.39. The van der Waals surface area contributed by atoms with E-state index in [1.165, 1.54) is 0 Å². The second-order valence-electron chi connectivity index (χ2n) is 4.31. The number of hydrogen-bond donors (Lipinski definition) is 4. The Bertz CT molecular complexity index is 547. The van der Waals surface area contributed by atoms with Gasteiger partial charge in [0.15, 0.2) is 11.5 Å². The summed E-state index contributed by atoms with van der Waals surface area (Å²) in [5.41, 5.74) is 1.17. The van der Waals surface area contributed by atoms with E-state index in [-0.39, 0.29) is 12.1 Å². The van der Waals surface area contributed by atoms with E-state index in [1.54, 1.807) is 13.4 Å². The van der Waals surface area contributed by atoms with Crippen molar-refractivity contribution in [2.75, 3.05) is 24.3 Å². The molecule has 0 aliphatic heterocycles. The Kier molecular flexibility index (Phi) is 2.15. The molecule has 0 saturated heterocycles. The Labute approximate surface area is 97.7 Å². The normalized spacial score (nSPS) is 17.1. The van der Waals surface area contributed by atoms with E-state index in [1.807, 2.05) is 0 Å². The highest BCUT2D eigenvalue weighted by atomic mass is 16.3. The summed E-state index contributed by atoms with van der Waals surface area (Å²) < 4.78 is 0. The second-order valence-corrected chi connectivity index (χ2v) is 4.31. The van der Waals surface area contributed by atoms with Gasteiger partial charge in [0.2, 0.25) is 5.95 Å². The van der Waals surface area contributed by atoms with E-state index in [2.05, 4.69) is 30.6 Å². The molecule has 0 aromatic carbocycles. The maximum Gasteiger partial charge on any atom is 0.226 e. The van der Waals surface area contributed by atoms with Crippen LogP contribution in [0.3, 0.4) is 0 Å². The van der Waals surface area contributed by atoms with Crippen LogP contribution >= 0.6 is 0 Å². The zero-order valence-electron chi connectivity index (χ0n) is 9.49. The Morgan fingerprint density at radius 2 is 2.29 bits per heavy atom. The molecule has 7 heteroatoms. The number of hydrogen-bond acceptors (Lipinski definition) is 6. The van der Waals surface area contributed by atoms with Crippen LogP contribution in [0.5, 0.6) is 0 Å². The van der Waals surface area contributed by atoms with Crippen molar-refractivity contribution in [1.82, 2.24) is 19.9 Å². The maximum absolute atomic E-state index is 9.32. The summed E-state index contributed by atoms with van der Waals surface area (Å²) in [6, 6.07) is 0. The van der Waals surface area contributed by atoms with Gasteiger partial charge in [0.05, 0.1) is 18.5 Å². The lowest BCUT2D eigenvalue weighted by molar-refractivity contribution is 0.266. The van der Waals surface area contributed by atoms with E-state index in [0.717, 1.165) is 18.4 Å². The van der Waals surface area contributed by atoms with E-state index in [9.17, 15) is 5.11 Å². The molecule has 90 valence electrons. The quantitative estimate of drug-likeness (QED) is 0.608. The van der Waals surface area contributed by atoms with E-state index < -0.39 is 0 Å². The minimum atomic E-state index is -0.211. The zero-order valence-corrected chi connectivity index (χ0v) is 9.49. The van der Waals surface area contributed by atoms with Crippen molar-refractivity contribution >= 4 is 22.9 Å². The van der Waals surface area contributed by atoms with Crippen LogP contribution in [0.1, 0.15) is 12.8 Å². The fourth-order valence-corrected chi connectivity index (χ4v) is 1.76. The monoisotopic (exact) mass is 234 g/mol. The van der Waals surface area contributed by atoms with Gasteiger partial charge < -0.3 is 20.7 Å². The molecular formula is C10H14N6O. The van der Waals surface area contributed by atoms with Crippen molar-refractivity contribution in [1.29, 1.82) is 0 Å². The first-order chi connectivity index (χ1) is 8.26. The molecule has 2 aromatic heterocycles. The number of aliphatic hydroxyl groups is 1. The average molecular weight is 234 g/mol. The molecule has 7 nitrogen and oxygen atoms in total. The predicted octanol–water partition coefficient (Wildman–Crippen LogP) is 0.331. The largest absolute Gasteiger partial charge is 0.394 e. The molecule has 0 unspecified atom stereocenters. The van der Waals surface area contributed by atoms with Gasteiger partial charge in [-0.2, -0.15) is 9.97 Å². The lowest BCUT2D eigenvalue weighted by Gasteiger charge is -2.15. The molecule has 0 bridgehead atoms. The van der Waals surface area contributed by atoms with Crippen LogP contribution in [0.15, 0.2) is 6.33 Å². The number of H-pyrrole nitrogens is 1. The third-order valence-electron chi connectivity index (χ3n) is 3.05. The van der Waals surface area contributed by atoms with Crippen LogP contribution in [0.4, 0.5) is 11.8 Å². The molecule has 1 saturated carbocycles. The highest BCUT2D eigenvalue weighted by Gasteiger charge is 2.42. The average Bonchev–Trinajstić information content (AvgIpc) is 2.96. The van der Waals surface area contributed by atoms with Gasteiger partial charge in [-0.05, 0) is 12.8 Å². The number of nitrogens with zero attached hydrogens (tertiary/aromatic N) is 3. The van der Waals surface area contributed by atoms with Crippen molar-refractivity contribution < 1.29 is 5.11 Å². The Morgan fingerprint density at radius 3 is 2.94 bits per heavy atom. The van der Waals surface area contributed by atoms with Gasteiger partial charge in [0.25, 0.3) is 0 Å². The lowest BCUT2D eigenvalue weighted by atomic mass is 10.3. The van der Waals surface area contributed by atoms with E-state index in [0.29, 0.717) is 17.4 Å². The smallest absolute Gasteiger partial charge is 0.226 e. The SMILES string of the molecule is CNc1nc(NC2(CO)CC2)c2[nH]cnc2n1. The number of nitrogens with one attached hydrogen (secondary N) is 3. The first-order valence-corrected chi connectivity index (χ1v) is 5.54. The summed E-state index contributed by atoms with van der Waals surface area (Å²) in [6.07, 6.45) is 3.50. The van der Waals surface area contributed by atoms with Crippen molar-refractivity contribution in [3.8, 4) is 0 Å². The summed E-state index contributed by atoms with van der Waals surface area (Å²) in [5, 5.41) is 15.5. The number of aliphatic hydroxyl groups excluding tert-OH is 1. The van der Waals surface area contributed by atoms with Gasteiger partial charge in [0.1, 0.15) is 5.52 Å². The third-order valence-corrected chi connectivity index (χ3v) is 3.05. The number of aromatic nitrogens is 4. The van der Waals surface area contributed by atoms with Crippen molar-refractivity contribution in [2.24, 2.45) is 0 Å². The van der Waals surface area contributed by atoms with Crippen molar-refractivity contribution in [3.05, 3.63) is 6.33 Å². The zero-order chi connectivity index (χ0) is 11.9. The van der Waals surface area contributed by atoms with Crippen LogP contribution in [-0.2, 0) is 0 Å². The summed E-state index contributed by atoms with van der Waals surface area (Å²) in [5.74, 6) is 1.20. The molecule has 2 aromatic rings. The lowest BCUT2D eigenvalue weighted by Crippen LogP contribution is -2.26. The number of anilines is 2. The first-order valence-electron chi connectivity index (χ1n) is 5.54. The second kappa shape index (κ2) is 3.56. The van der Waals surface area contributed by atoms with Crippen LogP contribution in [0, 0.1) is 0 Å². The van der Waals surface area contributed by atoms with Crippen LogP contribution in [-0.4, -0.2) is 44.2 Å². The molecule has 0 spiro atoms. The van der Waals surface area contributed by atoms with Crippen LogP contribution < -0.4 is 10.6 Å². The van der Waals surface area contributed by atoms with Gasteiger partial charge in [-0.1, -0.05) is 0 Å². The fourth-order valence-electron chi connectivity index (χ4n) is 1.76. The minimum Gasteiger partial charge on any atom is -0.394 e. The molecule has 0 atom stereocenters. The number of fused-ring (bicyclic) bond motifs is 1. The van der Waals surface area contributed by atoms with Crippen LogP contribution in [0.2, 0.25) is 0 Å². The summed E-state index contributed by atoms with van der Waals surface area (Å²) in [6.45, 7) is 0.113. The first kappa shape index (κ1) is 10.3. The van der Waals surface area contributed by atoms with Gasteiger partial charge in [-0.25, -0.2) is 4.98 Å². The highest BCUT2D eigenvalue weighted by molar-refractivity contribution is 5.84. The molecule has 3 rings (SSSR count). The molecule has 1 aliphatic rings. The topological polar surface area (TPSA) is 98.8 Å². The van der Waals surface area contributed by atoms with Crippen LogP contribution in [0.25, 0.3) is 11.2 Å². The standard InChI is InChI=1S/C10H14N6O/c1-11-9-14-7-6(12-5-13-7)8(15-9)16-10(4-17)2-3-10/h5,17H,2-4H2,1H3,(H3,11,12,13,14,15,16). The predicted molar refractivity (Wildman–Crippen MR) is 63.9 cm³/mol. The Balaban J connectivity index is 2.04. The molecule has 1 aliphatic carbocycles. The molecule has 17 heavy (non-hydrogen) atoms. The molecule has 4 N–H and O–H groups in total. The summed E-state index contributed by atoms with van der Waals surface area (Å²) >= 11 is 0. The van der Waals surface area contributed by atoms with E-state index in [4.69, 9.17) is 0 Å². The van der Waals surface area contributed by atoms with Crippen molar-refractivity contribution in [2.45, 2.75) is 18.4 Å². The minimum absolute atomic E-state index is 0.113. The molecular weight excluding hydrogens is 220 g/mol. The number of rotatable bonds is 4. The van der Waals surface area contributed by atoms with Gasteiger partial charge in [-0.3, -0.25) is 0 Å². The number of imidazole rings is 1. The van der Waals surface area contributed by atoms with E-state index >= 15 is 0 Å². The van der Waals surface area contributed by atoms with Gasteiger partial charge in [0, 0.05) is 7.05 Å². The Morgan fingerprint density at radius 1 is 1.47 bits per heavy atom. The molecule has 0 radical (unpaired) electrons. The molecule has 1 fully saturated rings. The van der Waals surface area contributed by atoms with Gasteiger partial charge in [-0.15, -0.1) is 0 Å².